The molecule has 0 radical (unpaired) electrons. The topological polar surface area (TPSA) is 32.3 Å². The van der Waals surface area contributed by atoms with Gasteiger partial charge >= 0.3 is 6.18 Å². The molecule has 0 aliphatic carbocycles. The summed E-state index contributed by atoms with van der Waals surface area (Å²) >= 11 is 12.1. The van der Waals surface area contributed by atoms with Crippen molar-refractivity contribution < 1.29 is 18.0 Å². The molecule has 128 valence electrons. The van der Waals surface area contributed by atoms with Crippen molar-refractivity contribution in [2.75, 3.05) is 24.2 Å². The van der Waals surface area contributed by atoms with Gasteiger partial charge < -0.3 is 10.2 Å². The normalized spacial score (nSPS) is 11.2. The van der Waals surface area contributed by atoms with Crippen LogP contribution < -0.4 is 5.32 Å². The Bertz CT molecular complexity index is 578. The number of para-hydroxylation sites is 1. The molecular weight excluding hydrogens is 369 g/mol. The second-order valence-corrected chi connectivity index (χ2v) is 6.45. The van der Waals surface area contributed by atoms with E-state index >= 15 is 0 Å². The minimum Gasteiger partial charge on any atom is -0.358 e. The Morgan fingerprint density at radius 3 is 2.48 bits per heavy atom. The lowest BCUT2D eigenvalue weighted by Crippen LogP contribution is -2.28. The third-order valence-corrected chi connectivity index (χ3v) is 4.77. The van der Waals surface area contributed by atoms with Crippen molar-refractivity contribution in [2.24, 2.45) is 0 Å². The van der Waals surface area contributed by atoms with Gasteiger partial charge in [-0.25, -0.2) is 0 Å². The Kier molecular flexibility index (Phi) is 7.63. The molecule has 23 heavy (non-hydrogen) atoms. The Labute approximate surface area is 147 Å². The highest BCUT2D eigenvalue weighted by Crippen LogP contribution is 2.38. The zero-order chi connectivity index (χ0) is 17.6. The predicted molar refractivity (Wildman–Crippen MR) is 93.1 cm³/mol. The van der Waals surface area contributed by atoms with E-state index in [0.29, 0.717) is 17.4 Å². The first-order chi connectivity index (χ1) is 10.7. The molecule has 0 unspecified atom stereocenters. The van der Waals surface area contributed by atoms with Gasteiger partial charge in [0.2, 0.25) is 5.91 Å². The van der Waals surface area contributed by atoms with Gasteiger partial charge in [0.05, 0.1) is 22.0 Å². The van der Waals surface area contributed by atoms with Gasteiger partial charge in [0.15, 0.2) is 0 Å². The fourth-order valence-electron chi connectivity index (χ4n) is 1.76. The van der Waals surface area contributed by atoms with Gasteiger partial charge in [-0.05, 0) is 26.0 Å². The van der Waals surface area contributed by atoms with Crippen LogP contribution in [0.5, 0.6) is 0 Å². The van der Waals surface area contributed by atoms with E-state index < -0.39 is 23.3 Å². The summed E-state index contributed by atoms with van der Waals surface area (Å²) in [5.74, 6) is -0.680. The van der Waals surface area contributed by atoms with E-state index in [9.17, 15) is 18.0 Å². The number of thiocarbonyl (C=S) groups is 1. The number of nitrogens with one attached hydrogen (secondary N) is 1. The van der Waals surface area contributed by atoms with Crippen LogP contribution in [0.25, 0.3) is 0 Å². The van der Waals surface area contributed by atoms with Crippen LogP contribution in [-0.4, -0.2) is 34.0 Å². The Morgan fingerprint density at radius 1 is 1.35 bits per heavy atom. The lowest BCUT2D eigenvalue weighted by atomic mass is 10.1. The molecule has 0 saturated carbocycles. The minimum atomic E-state index is -4.60. The first kappa shape index (κ1) is 20.1. The van der Waals surface area contributed by atoms with E-state index in [4.69, 9.17) is 23.8 Å². The molecule has 0 aliphatic heterocycles. The van der Waals surface area contributed by atoms with Crippen LogP contribution >= 0.6 is 35.6 Å². The number of benzene rings is 1. The van der Waals surface area contributed by atoms with Gasteiger partial charge in [0.1, 0.15) is 4.32 Å². The summed E-state index contributed by atoms with van der Waals surface area (Å²) in [6.07, 6.45) is -4.60. The smallest absolute Gasteiger partial charge is 0.358 e. The van der Waals surface area contributed by atoms with E-state index in [2.05, 4.69) is 5.32 Å². The van der Waals surface area contributed by atoms with Crippen molar-refractivity contribution in [3.05, 3.63) is 28.8 Å². The first-order valence-corrected chi connectivity index (χ1v) is 8.55. The monoisotopic (exact) mass is 384 g/mol. The molecule has 0 spiro atoms. The summed E-state index contributed by atoms with van der Waals surface area (Å²) in [5, 5.41) is 2.06. The van der Waals surface area contributed by atoms with Crippen molar-refractivity contribution in [1.82, 2.24) is 4.90 Å². The zero-order valence-electron chi connectivity index (χ0n) is 12.5. The van der Waals surface area contributed by atoms with Gasteiger partial charge in [0.25, 0.3) is 0 Å². The van der Waals surface area contributed by atoms with E-state index in [0.717, 1.165) is 17.8 Å². The van der Waals surface area contributed by atoms with Gasteiger partial charge in [-0.1, -0.05) is 41.6 Å². The molecule has 0 aromatic heterocycles. The number of amides is 1. The summed E-state index contributed by atoms with van der Waals surface area (Å²) in [5.41, 5.74) is -1.41. The fraction of sp³-hybridized carbons (Fsp3) is 0.429. The molecule has 0 saturated heterocycles. The largest absolute Gasteiger partial charge is 0.418 e. The Hall–Kier alpha value is -0.990. The quantitative estimate of drug-likeness (QED) is 0.748. The van der Waals surface area contributed by atoms with Crippen molar-refractivity contribution >= 4 is 51.5 Å². The number of anilines is 1. The molecular formula is C14H16ClF3N2OS2. The number of halogens is 4. The Morgan fingerprint density at radius 2 is 1.96 bits per heavy atom. The first-order valence-electron chi connectivity index (χ1n) is 6.77. The molecule has 1 aromatic rings. The lowest BCUT2D eigenvalue weighted by Gasteiger charge is -2.20. The number of hydrogen-bond acceptors (Lipinski definition) is 3. The second-order valence-electron chi connectivity index (χ2n) is 4.44. The van der Waals surface area contributed by atoms with Crippen LogP contribution in [0.2, 0.25) is 5.02 Å². The maximum Gasteiger partial charge on any atom is 0.418 e. The highest BCUT2D eigenvalue weighted by atomic mass is 35.5. The summed E-state index contributed by atoms with van der Waals surface area (Å²) in [6, 6.07) is 3.35. The van der Waals surface area contributed by atoms with Gasteiger partial charge in [-0.3, -0.25) is 4.79 Å². The standard InChI is InChI=1S/C14H16ClF3N2OS2/c1-3-20(4-2)13(22)23-8-11(21)19-12-9(14(16,17)18)6-5-7-10(12)15/h5-7H,3-4,8H2,1-2H3,(H,19,21). The fourth-order valence-corrected chi connectivity index (χ4v) is 3.19. The van der Waals surface area contributed by atoms with Crippen LogP contribution in [0.1, 0.15) is 19.4 Å². The predicted octanol–water partition coefficient (Wildman–Crippen LogP) is 4.66. The van der Waals surface area contributed by atoms with Crippen molar-refractivity contribution in [1.29, 1.82) is 0 Å². The number of carbonyl (C=O) groups excluding carboxylic acids is 1. The third-order valence-electron chi connectivity index (χ3n) is 2.93. The van der Waals surface area contributed by atoms with E-state index in [1.807, 2.05) is 18.7 Å². The molecule has 1 rings (SSSR count). The van der Waals surface area contributed by atoms with Crippen LogP contribution in [0.3, 0.4) is 0 Å². The maximum atomic E-state index is 12.9. The summed E-state index contributed by atoms with van der Waals surface area (Å²) in [7, 11) is 0. The number of alkyl halides is 3. The molecule has 3 nitrogen and oxygen atoms in total. The SMILES string of the molecule is CCN(CC)C(=S)SCC(=O)Nc1c(Cl)cccc1C(F)(F)F. The second kappa shape index (κ2) is 8.75. The van der Waals surface area contributed by atoms with Gasteiger partial charge in [-0.15, -0.1) is 0 Å². The van der Waals surface area contributed by atoms with Crippen molar-refractivity contribution in [2.45, 2.75) is 20.0 Å². The third kappa shape index (κ3) is 5.86. The molecule has 1 amide bonds. The van der Waals surface area contributed by atoms with Gasteiger partial charge in [0, 0.05) is 13.1 Å². The number of rotatable bonds is 5. The number of hydrogen-bond donors (Lipinski definition) is 1. The molecule has 0 aliphatic rings. The number of nitrogens with zero attached hydrogens (tertiary/aromatic N) is 1. The highest BCUT2D eigenvalue weighted by Gasteiger charge is 2.34. The highest BCUT2D eigenvalue weighted by molar-refractivity contribution is 8.23. The van der Waals surface area contributed by atoms with Crippen LogP contribution in [-0.2, 0) is 11.0 Å². The van der Waals surface area contributed by atoms with Crippen LogP contribution in [0, 0.1) is 0 Å². The molecule has 1 aromatic carbocycles. The van der Waals surface area contributed by atoms with Crippen molar-refractivity contribution in [3.63, 3.8) is 0 Å². The average molecular weight is 385 g/mol. The minimum absolute atomic E-state index is 0.0855. The van der Waals surface area contributed by atoms with Crippen molar-refractivity contribution in [3.8, 4) is 0 Å². The van der Waals surface area contributed by atoms with Gasteiger partial charge in [-0.2, -0.15) is 13.2 Å². The van der Waals surface area contributed by atoms with E-state index in [1.165, 1.54) is 12.1 Å². The maximum absolute atomic E-state index is 12.9. The van der Waals surface area contributed by atoms with E-state index in [-0.39, 0.29) is 10.8 Å². The number of carbonyl (C=O) groups is 1. The lowest BCUT2D eigenvalue weighted by molar-refractivity contribution is -0.137. The molecule has 0 heterocycles. The molecule has 0 bridgehead atoms. The molecule has 9 heteroatoms. The summed E-state index contributed by atoms with van der Waals surface area (Å²) in [6.45, 7) is 5.25. The van der Waals surface area contributed by atoms with E-state index in [1.54, 1.807) is 0 Å². The molecule has 1 N–H and O–H groups in total. The number of thioether (sulfide) groups is 1. The summed E-state index contributed by atoms with van der Waals surface area (Å²) < 4.78 is 39.4. The summed E-state index contributed by atoms with van der Waals surface area (Å²) in [4.78, 5) is 13.8. The average Bonchev–Trinajstić information content (AvgIpc) is 2.47. The van der Waals surface area contributed by atoms with Crippen LogP contribution in [0.15, 0.2) is 18.2 Å². The van der Waals surface area contributed by atoms with Crippen LogP contribution in [0.4, 0.5) is 18.9 Å². The molecule has 0 fully saturated rings. The Balaban J connectivity index is 2.77. The molecule has 0 atom stereocenters. The zero-order valence-corrected chi connectivity index (χ0v) is 14.9.